The summed E-state index contributed by atoms with van der Waals surface area (Å²) in [5.74, 6) is 0.710. The Bertz CT molecular complexity index is 192. The van der Waals surface area contributed by atoms with Gasteiger partial charge in [-0.15, -0.1) is 0 Å². The second-order valence-electron chi connectivity index (χ2n) is 5.29. The summed E-state index contributed by atoms with van der Waals surface area (Å²) >= 11 is 0. The number of aliphatic hydroxyl groups is 1. The minimum atomic E-state index is 0.274. The molecule has 0 aromatic heterocycles. The summed E-state index contributed by atoms with van der Waals surface area (Å²) in [6.45, 7) is 5.86. The van der Waals surface area contributed by atoms with Gasteiger partial charge in [-0.05, 0) is 25.3 Å². The van der Waals surface area contributed by atoms with E-state index in [1.807, 2.05) is 0 Å². The molecule has 1 saturated carbocycles. The average molecular weight is 212 g/mol. The number of aliphatic hydroxyl groups excluding tert-OH is 1. The Morgan fingerprint density at radius 3 is 2.67 bits per heavy atom. The van der Waals surface area contributed by atoms with Gasteiger partial charge in [0.2, 0.25) is 0 Å². The first-order chi connectivity index (χ1) is 7.29. The van der Waals surface area contributed by atoms with Gasteiger partial charge in [-0.25, -0.2) is 0 Å². The molecule has 0 spiro atoms. The maximum atomic E-state index is 9.27. The van der Waals surface area contributed by atoms with Gasteiger partial charge in [0.1, 0.15) is 0 Å². The summed E-state index contributed by atoms with van der Waals surface area (Å²) in [5.41, 5.74) is 0. The predicted molar refractivity (Wildman–Crippen MR) is 61.9 cm³/mol. The molecule has 0 aromatic carbocycles. The molecule has 3 heteroatoms. The van der Waals surface area contributed by atoms with Gasteiger partial charge in [0.15, 0.2) is 0 Å². The highest BCUT2D eigenvalue weighted by molar-refractivity contribution is 4.85. The zero-order chi connectivity index (χ0) is 10.7. The Hall–Kier alpha value is -0.120. The summed E-state index contributed by atoms with van der Waals surface area (Å²) < 4.78 is 0. The second-order valence-corrected chi connectivity index (χ2v) is 5.29. The Kier molecular flexibility index (Phi) is 4.00. The van der Waals surface area contributed by atoms with Crippen LogP contribution in [0, 0.1) is 5.92 Å². The number of nitrogens with one attached hydrogen (secondary N) is 1. The summed E-state index contributed by atoms with van der Waals surface area (Å²) in [5, 5.41) is 12.7. The van der Waals surface area contributed by atoms with Crippen molar-refractivity contribution in [3.63, 3.8) is 0 Å². The van der Waals surface area contributed by atoms with Crippen LogP contribution in [-0.2, 0) is 0 Å². The van der Waals surface area contributed by atoms with Gasteiger partial charge in [-0.3, -0.25) is 4.90 Å². The van der Waals surface area contributed by atoms with Crippen molar-refractivity contribution >= 4 is 0 Å². The summed E-state index contributed by atoms with van der Waals surface area (Å²) in [6.07, 6.45) is 5.52. The Morgan fingerprint density at radius 1 is 1.27 bits per heavy atom. The van der Waals surface area contributed by atoms with E-state index in [1.165, 1.54) is 32.2 Å². The molecule has 1 aliphatic heterocycles. The van der Waals surface area contributed by atoms with E-state index in [0.29, 0.717) is 5.92 Å². The predicted octanol–water partition coefficient (Wildman–Crippen LogP) is 0.831. The van der Waals surface area contributed by atoms with E-state index in [0.717, 1.165) is 19.1 Å². The maximum absolute atomic E-state index is 9.27. The summed E-state index contributed by atoms with van der Waals surface area (Å²) in [6, 6.07) is 1.08. The highest BCUT2D eigenvalue weighted by Gasteiger charge is 2.28. The fourth-order valence-electron chi connectivity index (χ4n) is 2.94. The van der Waals surface area contributed by atoms with Gasteiger partial charge >= 0.3 is 0 Å². The fourth-order valence-corrected chi connectivity index (χ4v) is 2.94. The molecule has 2 N–H and O–H groups in total. The molecule has 3 nitrogen and oxygen atoms in total. The van der Waals surface area contributed by atoms with E-state index < -0.39 is 0 Å². The number of nitrogens with zero attached hydrogens (tertiary/aromatic N) is 1. The zero-order valence-corrected chi connectivity index (χ0v) is 9.78. The molecule has 2 aliphatic rings. The van der Waals surface area contributed by atoms with Crippen molar-refractivity contribution in [2.45, 2.75) is 44.7 Å². The average Bonchev–Trinajstić information content (AvgIpc) is 2.69. The molecule has 1 saturated heterocycles. The molecule has 2 atom stereocenters. The maximum Gasteiger partial charge on any atom is 0.0597 e. The van der Waals surface area contributed by atoms with Crippen LogP contribution in [0.15, 0.2) is 0 Å². The van der Waals surface area contributed by atoms with Crippen molar-refractivity contribution in [2.24, 2.45) is 5.92 Å². The van der Waals surface area contributed by atoms with E-state index in [-0.39, 0.29) is 12.6 Å². The lowest BCUT2D eigenvalue weighted by molar-refractivity contribution is 0.156. The molecule has 1 heterocycles. The molecule has 0 bridgehead atoms. The minimum Gasteiger partial charge on any atom is -0.395 e. The van der Waals surface area contributed by atoms with Gasteiger partial charge in [0.25, 0.3) is 0 Å². The fraction of sp³-hybridized carbons (Fsp3) is 1.00. The van der Waals surface area contributed by atoms with Crippen molar-refractivity contribution in [1.82, 2.24) is 10.2 Å². The van der Waals surface area contributed by atoms with Gasteiger partial charge < -0.3 is 10.4 Å². The van der Waals surface area contributed by atoms with Crippen LogP contribution in [-0.4, -0.2) is 48.3 Å². The number of rotatable bonds is 2. The van der Waals surface area contributed by atoms with Crippen molar-refractivity contribution < 1.29 is 5.11 Å². The topological polar surface area (TPSA) is 35.5 Å². The second kappa shape index (κ2) is 5.28. The first kappa shape index (κ1) is 11.4. The first-order valence-electron chi connectivity index (χ1n) is 6.38. The van der Waals surface area contributed by atoms with Crippen molar-refractivity contribution in [2.75, 3.05) is 26.2 Å². The molecule has 2 unspecified atom stereocenters. The molecular weight excluding hydrogens is 188 g/mol. The Morgan fingerprint density at radius 2 is 2.00 bits per heavy atom. The SMILES string of the molecule is CC1CNC(CO)CN(C2CCCC2)C1. The Balaban J connectivity index is 1.94. The van der Waals surface area contributed by atoms with E-state index in [1.54, 1.807) is 0 Å². The van der Waals surface area contributed by atoms with Crippen LogP contribution < -0.4 is 5.32 Å². The lowest BCUT2D eigenvalue weighted by Crippen LogP contribution is -2.43. The standard InChI is InChI=1S/C12H24N2O/c1-10-6-13-11(9-15)8-14(7-10)12-4-2-3-5-12/h10-13,15H,2-9H2,1H3. The third-order valence-corrected chi connectivity index (χ3v) is 3.82. The van der Waals surface area contributed by atoms with E-state index >= 15 is 0 Å². The molecule has 0 aromatic rings. The van der Waals surface area contributed by atoms with Gasteiger partial charge in [0.05, 0.1) is 6.61 Å². The molecule has 0 amide bonds. The van der Waals surface area contributed by atoms with Crippen LogP contribution in [0.25, 0.3) is 0 Å². The molecule has 1 aliphatic carbocycles. The van der Waals surface area contributed by atoms with Crippen molar-refractivity contribution in [3.8, 4) is 0 Å². The normalized spacial score (nSPS) is 35.6. The summed E-state index contributed by atoms with van der Waals surface area (Å²) in [4.78, 5) is 2.61. The van der Waals surface area contributed by atoms with Crippen molar-refractivity contribution in [1.29, 1.82) is 0 Å². The number of hydrogen-bond donors (Lipinski definition) is 2. The van der Waals surface area contributed by atoms with Gasteiger partial charge in [0, 0.05) is 25.2 Å². The molecule has 88 valence electrons. The lowest BCUT2D eigenvalue weighted by atomic mass is 10.1. The molecule has 2 rings (SSSR count). The third kappa shape index (κ3) is 2.92. The highest BCUT2D eigenvalue weighted by Crippen LogP contribution is 2.25. The monoisotopic (exact) mass is 212 g/mol. The smallest absolute Gasteiger partial charge is 0.0597 e. The molecule has 0 radical (unpaired) electrons. The third-order valence-electron chi connectivity index (χ3n) is 3.82. The minimum absolute atomic E-state index is 0.274. The summed E-state index contributed by atoms with van der Waals surface area (Å²) in [7, 11) is 0. The molecular formula is C12H24N2O. The lowest BCUT2D eigenvalue weighted by Gasteiger charge is -2.30. The van der Waals surface area contributed by atoms with Crippen LogP contribution in [0.4, 0.5) is 0 Å². The zero-order valence-electron chi connectivity index (χ0n) is 9.78. The number of hydrogen-bond acceptors (Lipinski definition) is 3. The van der Waals surface area contributed by atoms with E-state index in [9.17, 15) is 5.11 Å². The Labute approximate surface area is 92.8 Å². The van der Waals surface area contributed by atoms with E-state index in [4.69, 9.17) is 0 Å². The van der Waals surface area contributed by atoms with Gasteiger partial charge in [-0.1, -0.05) is 19.8 Å². The first-order valence-corrected chi connectivity index (χ1v) is 6.38. The van der Waals surface area contributed by atoms with Crippen LogP contribution in [0.5, 0.6) is 0 Å². The largest absolute Gasteiger partial charge is 0.395 e. The van der Waals surface area contributed by atoms with Gasteiger partial charge in [-0.2, -0.15) is 0 Å². The molecule has 2 fully saturated rings. The van der Waals surface area contributed by atoms with Crippen LogP contribution in [0.1, 0.15) is 32.6 Å². The van der Waals surface area contributed by atoms with E-state index in [2.05, 4.69) is 17.1 Å². The van der Waals surface area contributed by atoms with Crippen LogP contribution in [0.3, 0.4) is 0 Å². The van der Waals surface area contributed by atoms with Crippen LogP contribution in [0.2, 0.25) is 0 Å². The quantitative estimate of drug-likeness (QED) is 0.712. The molecule has 15 heavy (non-hydrogen) atoms. The van der Waals surface area contributed by atoms with Crippen LogP contribution >= 0.6 is 0 Å². The highest BCUT2D eigenvalue weighted by atomic mass is 16.3. The van der Waals surface area contributed by atoms with Crippen molar-refractivity contribution in [3.05, 3.63) is 0 Å².